The number of phenolic OH excluding ortho intramolecular Hbond substituents is 2. The number of rotatable bonds is 8. The first-order valence-electron chi connectivity index (χ1n) is 17.7. The number of morpholine rings is 1. The lowest BCUT2D eigenvalue weighted by atomic mass is 9.71. The van der Waals surface area contributed by atoms with E-state index in [-0.39, 0.29) is 88.1 Å². The minimum Gasteiger partial charge on any atom is -0.507 e. The number of amides is 1. The van der Waals surface area contributed by atoms with Gasteiger partial charge in [-0.3, -0.25) is 19.3 Å². The number of ether oxygens (including phenoxy) is 6. The van der Waals surface area contributed by atoms with Crippen molar-refractivity contribution in [3.8, 4) is 17.2 Å². The van der Waals surface area contributed by atoms with Gasteiger partial charge in [0, 0.05) is 61.6 Å². The van der Waals surface area contributed by atoms with Crippen molar-refractivity contribution in [2.45, 2.75) is 102 Å². The lowest BCUT2D eigenvalue weighted by Crippen LogP contribution is -2.55. The van der Waals surface area contributed by atoms with Crippen LogP contribution in [0.25, 0.3) is 0 Å². The first-order valence-corrected chi connectivity index (χ1v) is 17.7. The summed E-state index contributed by atoms with van der Waals surface area (Å²) < 4.78 is 36.0. The number of ketones is 2. The number of aliphatic hydroxyl groups is 1. The van der Waals surface area contributed by atoms with E-state index in [0.29, 0.717) is 19.6 Å². The fourth-order valence-electron chi connectivity index (χ4n) is 8.31. The zero-order valence-corrected chi connectivity index (χ0v) is 30.0. The van der Waals surface area contributed by atoms with Crippen molar-refractivity contribution in [3.63, 3.8) is 0 Å². The highest BCUT2D eigenvalue weighted by Crippen LogP contribution is 2.53. The van der Waals surface area contributed by atoms with Crippen molar-refractivity contribution in [3.05, 3.63) is 51.6 Å². The Balaban J connectivity index is 1.31. The van der Waals surface area contributed by atoms with E-state index >= 15 is 0 Å². The summed E-state index contributed by atoms with van der Waals surface area (Å²) in [7, 11) is 2.93. The first kappa shape index (κ1) is 36.4. The van der Waals surface area contributed by atoms with Gasteiger partial charge in [0.05, 0.1) is 48.3 Å². The van der Waals surface area contributed by atoms with Gasteiger partial charge in [-0.2, -0.15) is 5.10 Å². The van der Waals surface area contributed by atoms with E-state index in [4.69, 9.17) is 28.4 Å². The maximum Gasteiger partial charge on any atom is 0.242 e. The van der Waals surface area contributed by atoms with Gasteiger partial charge >= 0.3 is 0 Å². The summed E-state index contributed by atoms with van der Waals surface area (Å²) in [6.07, 6.45) is -3.80. The summed E-state index contributed by atoms with van der Waals surface area (Å²) in [5.74, 6) is -3.10. The van der Waals surface area contributed by atoms with Crippen LogP contribution < -0.4 is 10.2 Å². The number of aromatic hydroxyl groups is 2. The number of phenols is 2. The second kappa shape index (κ2) is 13.8. The Morgan fingerprint density at radius 3 is 2.56 bits per heavy atom. The predicted molar refractivity (Wildman–Crippen MR) is 182 cm³/mol. The van der Waals surface area contributed by atoms with Gasteiger partial charge in [0.25, 0.3) is 0 Å². The normalized spacial score (nSPS) is 31.4. The molecule has 8 atom stereocenters. The molecule has 0 radical (unpaired) electrons. The summed E-state index contributed by atoms with van der Waals surface area (Å²) in [4.78, 5) is 42.7. The fraction of sp³-hybridized carbons (Fsp3) is 0.568. The zero-order chi connectivity index (χ0) is 37.2. The number of hydrogen-bond donors (Lipinski definition) is 4. The van der Waals surface area contributed by atoms with Crippen molar-refractivity contribution in [2.75, 3.05) is 27.4 Å². The second-order valence-electron chi connectivity index (χ2n) is 14.2. The fourth-order valence-corrected chi connectivity index (χ4v) is 8.31. The SMILES string of the molecule is CC/C(=N\NC(=O)C(C)C)[C@]1(O)Cc2c(O)c3c(c(O)c2[C@@H](O[C@H]2C[C@H]4[C@H](O[C@@H]5[C@@H](OC)OCCN54)[C@H](C)O2)C1)C(=O)c1c(OC)cccc1C3=O. The Labute approximate surface area is 300 Å². The Morgan fingerprint density at radius 2 is 1.87 bits per heavy atom. The topological polar surface area (TPSA) is 195 Å². The van der Waals surface area contributed by atoms with E-state index in [2.05, 4.69) is 15.4 Å². The summed E-state index contributed by atoms with van der Waals surface area (Å²) in [6, 6.07) is 4.40. The molecule has 3 fully saturated rings. The second-order valence-corrected chi connectivity index (χ2v) is 14.2. The molecule has 15 heteroatoms. The standard InChI is InChI=1S/C37H45N3O12/c1-7-23(38-39-34(45)16(2)3)37(46)14-19-26(32(44)28-27(30(19)42)29(41)18-9-8-10-21(47-5)25(18)31(28)43)22(15-37)51-24-13-20-33(17(4)50-24)52-35-36(48-6)49-12-11-40(20)35/h8-10,16-17,20,22,24,33,35-36,42,44,46H,7,11-15H2,1-6H3,(H,39,45)/b38-23+/t17-,20-,22-,24-,33+,35+,36-,37-/m0/s1. The maximum atomic E-state index is 14.1. The van der Waals surface area contributed by atoms with Gasteiger partial charge in [0.2, 0.25) is 11.7 Å². The molecule has 280 valence electrons. The van der Waals surface area contributed by atoms with Crippen molar-refractivity contribution >= 4 is 23.2 Å². The summed E-state index contributed by atoms with van der Waals surface area (Å²) >= 11 is 0. The largest absolute Gasteiger partial charge is 0.507 e. The number of fused-ring (bicyclic) bond motifs is 6. The molecule has 15 nitrogen and oxygen atoms in total. The van der Waals surface area contributed by atoms with Crippen molar-refractivity contribution in [1.29, 1.82) is 0 Å². The summed E-state index contributed by atoms with van der Waals surface area (Å²) in [5, 5.41) is 40.6. The highest BCUT2D eigenvalue weighted by atomic mass is 16.7. The van der Waals surface area contributed by atoms with E-state index < -0.39 is 59.7 Å². The van der Waals surface area contributed by atoms with Gasteiger partial charge in [-0.15, -0.1) is 0 Å². The number of nitrogens with one attached hydrogen (secondary N) is 1. The third kappa shape index (κ3) is 5.79. The molecular weight excluding hydrogens is 678 g/mol. The average Bonchev–Trinajstić information content (AvgIpc) is 3.51. The number of benzene rings is 2. The minimum atomic E-state index is -1.82. The number of hydrogen-bond acceptors (Lipinski definition) is 14. The Hall–Kier alpha value is -3.96. The van der Waals surface area contributed by atoms with E-state index in [0.717, 1.165) is 0 Å². The van der Waals surface area contributed by atoms with Crippen molar-refractivity contribution in [1.82, 2.24) is 10.3 Å². The third-order valence-electron chi connectivity index (χ3n) is 10.9. The smallest absolute Gasteiger partial charge is 0.242 e. The monoisotopic (exact) mass is 723 g/mol. The third-order valence-corrected chi connectivity index (χ3v) is 10.9. The van der Waals surface area contributed by atoms with E-state index in [1.165, 1.54) is 19.2 Å². The highest BCUT2D eigenvalue weighted by molar-refractivity contribution is 6.31. The average molecular weight is 724 g/mol. The van der Waals surface area contributed by atoms with Crippen LogP contribution in [0.3, 0.4) is 0 Å². The number of carbonyl (C=O) groups excluding carboxylic acids is 3. The Bertz CT molecular complexity index is 1830. The van der Waals surface area contributed by atoms with Gasteiger partial charge in [0.1, 0.15) is 29.0 Å². The molecule has 5 aliphatic rings. The van der Waals surface area contributed by atoms with Gasteiger partial charge in [-0.25, -0.2) is 5.43 Å². The molecule has 2 aromatic carbocycles. The molecule has 52 heavy (non-hydrogen) atoms. The van der Waals surface area contributed by atoms with Gasteiger partial charge in [0.15, 0.2) is 24.6 Å². The molecule has 0 spiro atoms. The van der Waals surface area contributed by atoms with Crippen LogP contribution in [0.2, 0.25) is 0 Å². The molecule has 2 aromatic rings. The van der Waals surface area contributed by atoms with Gasteiger partial charge in [-0.05, 0) is 19.4 Å². The molecule has 3 heterocycles. The number of methoxy groups -OCH3 is 2. The molecule has 4 N–H and O–H groups in total. The van der Waals surface area contributed by atoms with E-state index in [9.17, 15) is 29.7 Å². The predicted octanol–water partition coefficient (Wildman–Crippen LogP) is 2.69. The molecule has 0 saturated carbocycles. The maximum absolute atomic E-state index is 14.1. The number of nitrogens with zero attached hydrogens (tertiary/aromatic N) is 2. The van der Waals surface area contributed by atoms with Crippen LogP contribution in [-0.2, 0) is 34.9 Å². The van der Waals surface area contributed by atoms with E-state index in [1.54, 1.807) is 33.9 Å². The summed E-state index contributed by atoms with van der Waals surface area (Å²) in [5.41, 5.74) is 0.160. The molecule has 1 amide bonds. The van der Waals surface area contributed by atoms with Crippen LogP contribution in [0.1, 0.15) is 96.0 Å². The van der Waals surface area contributed by atoms with Crippen LogP contribution in [0.5, 0.6) is 17.2 Å². The lowest BCUT2D eigenvalue weighted by Gasteiger charge is -2.44. The molecule has 0 aromatic heterocycles. The van der Waals surface area contributed by atoms with Crippen LogP contribution in [0.4, 0.5) is 0 Å². The highest BCUT2D eigenvalue weighted by Gasteiger charge is 2.55. The van der Waals surface area contributed by atoms with Crippen LogP contribution in [0, 0.1) is 5.92 Å². The summed E-state index contributed by atoms with van der Waals surface area (Å²) in [6.45, 7) is 8.09. The molecule has 2 aliphatic carbocycles. The zero-order valence-electron chi connectivity index (χ0n) is 30.0. The van der Waals surface area contributed by atoms with Crippen LogP contribution in [0.15, 0.2) is 23.3 Å². The molecule has 3 aliphatic heterocycles. The van der Waals surface area contributed by atoms with Gasteiger partial charge in [-0.1, -0.05) is 32.9 Å². The molecule has 0 bridgehead atoms. The van der Waals surface area contributed by atoms with Gasteiger partial charge < -0.3 is 43.7 Å². The molecular formula is C37H45N3O12. The number of hydrazone groups is 1. The van der Waals surface area contributed by atoms with Crippen LogP contribution >= 0.6 is 0 Å². The quantitative estimate of drug-likeness (QED) is 0.151. The van der Waals surface area contributed by atoms with E-state index in [1.807, 2.05) is 6.92 Å². The Kier molecular flexibility index (Phi) is 9.65. The molecule has 3 saturated heterocycles. The first-order chi connectivity index (χ1) is 24.8. The van der Waals surface area contributed by atoms with Crippen molar-refractivity contribution in [2.24, 2.45) is 11.0 Å². The van der Waals surface area contributed by atoms with Crippen molar-refractivity contribution < 1.29 is 58.1 Å². The molecule has 7 rings (SSSR count). The Morgan fingerprint density at radius 1 is 1.12 bits per heavy atom. The molecule has 0 unspecified atom stereocenters. The lowest BCUT2D eigenvalue weighted by molar-refractivity contribution is -0.255. The minimum absolute atomic E-state index is 0.00707. The number of carbonyl (C=O) groups is 3. The van der Waals surface area contributed by atoms with Crippen LogP contribution in [-0.4, -0.2) is 113 Å².